The standard InChI is InChI=1S/C21H22N4O3/c1-4-23-20(27)24-13-16-19(25-10-6-5-7-18(25)26)15-11-14(12-22)8-9-17(15)28-21(16,2)3/h5-11H,4,13H2,1-3H3,(H2,23,24,27). The monoisotopic (exact) mass is 378 g/mol. The van der Waals surface area contributed by atoms with Gasteiger partial charge in [-0.25, -0.2) is 4.79 Å². The Labute approximate surface area is 163 Å². The summed E-state index contributed by atoms with van der Waals surface area (Å²) in [7, 11) is 0. The fourth-order valence-electron chi connectivity index (χ4n) is 3.23. The first kappa shape index (κ1) is 19.2. The number of urea groups is 1. The van der Waals surface area contributed by atoms with Crippen molar-refractivity contribution in [2.75, 3.05) is 13.1 Å². The van der Waals surface area contributed by atoms with Crippen LogP contribution >= 0.6 is 0 Å². The van der Waals surface area contributed by atoms with Gasteiger partial charge >= 0.3 is 6.03 Å². The van der Waals surface area contributed by atoms with Gasteiger partial charge in [-0.15, -0.1) is 0 Å². The normalized spacial score (nSPS) is 14.5. The third-order valence-electron chi connectivity index (χ3n) is 4.57. The van der Waals surface area contributed by atoms with Crippen molar-refractivity contribution >= 4 is 11.7 Å². The van der Waals surface area contributed by atoms with Gasteiger partial charge in [0.25, 0.3) is 5.56 Å². The molecule has 0 bridgehead atoms. The van der Waals surface area contributed by atoms with Crippen molar-refractivity contribution < 1.29 is 9.53 Å². The van der Waals surface area contributed by atoms with Gasteiger partial charge in [0.05, 0.1) is 17.3 Å². The number of nitrogens with zero attached hydrogens (tertiary/aromatic N) is 2. The number of hydrogen-bond acceptors (Lipinski definition) is 4. The van der Waals surface area contributed by atoms with E-state index in [0.717, 1.165) is 5.57 Å². The predicted molar refractivity (Wildman–Crippen MR) is 106 cm³/mol. The minimum Gasteiger partial charge on any atom is -0.483 e. The molecule has 1 aromatic heterocycles. The molecule has 7 nitrogen and oxygen atoms in total. The van der Waals surface area contributed by atoms with E-state index < -0.39 is 5.60 Å². The molecule has 2 amide bonds. The Kier molecular flexibility index (Phi) is 5.23. The molecular weight excluding hydrogens is 356 g/mol. The predicted octanol–water partition coefficient (Wildman–Crippen LogP) is 2.47. The van der Waals surface area contributed by atoms with Gasteiger partial charge in [-0.2, -0.15) is 5.26 Å². The molecule has 28 heavy (non-hydrogen) atoms. The number of nitrogens with one attached hydrogen (secondary N) is 2. The van der Waals surface area contributed by atoms with E-state index >= 15 is 0 Å². The molecule has 1 aliphatic rings. The van der Waals surface area contributed by atoms with Crippen molar-refractivity contribution in [2.24, 2.45) is 0 Å². The molecule has 0 fully saturated rings. The van der Waals surface area contributed by atoms with Gasteiger partial charge in [-0.3, -0.25) is 9.36 Å². The first-order chi connectivity index (χ1) is 13.4. The molecule has 0 aliphatic carbocycles. The molecule has 2 heterocycles. The van der Waals surface area contributed by atoms with E-state index in [-0.39, 0.29) is 18.1 Å². The summed E-state index contributed by atoms with van der Waals surface area (Å²) >= 11 is 0. The largest absolute Gasteiger partial charge is 0.483 e. The minimum atomic E-state index is -0.773. The summed E-state index contributed by atoms with van der Waals surface area (Å²) < 4.78 is 7.69. The molecule has 2 N–H and O–H groups in total. The Balaban J connectivity index is 2.24. The molecule has 0 saturated heterocycles. The Morgan fingerprint density at radius 3 is 2.71 bits per heavy atom. The topological polar surface area (TPSA) is 96.2 Å². The first-order valence-corrected chi connectivity index (χ1v) is 9.04. The Morgan fingerprint density at radius 1 is 1.25 bits per heavy atom. The number of carbonyl (C=O) groups excluding carboxylic acids is 1. The molecular formula is C21H22N4O3. The lowest BCUT2D eigenvalue weighted by Gasteiger charge is -2.37. The molecule has 0 saturated carbocycles. The average Bonchev–Trinajstić information content (AvgIpc) is 2.66. The maximum Gasteiger partial charge on any atom is 0.315 e. The van der Waals surface area contributed by atoms with E-state index in [4.69, 9.17) is 4.74 Å². The van der Waals surface area contributed by atoms with E-state index in [1.165, 1.54) is 10.6 Å². The molecule has 0 unspecified atom stereocenters. The summed E-state index contributed by atoms with van der Waals surface area (Å²) in [4.78, 5) is 24.6. The quantitative estimate of drug-likeness (QED) is 0.854. The average molecular weight is 378 g/mol. The van der Waals surface area contributed by atoms with E-state index in [0.29, 0.717) is 29.1 Å². The number of carbonyl (C=O) groups is 1. The second kappa shape index (κ2) is 7.61. The SMILES string of the molecule is CCNC(=O)NCC1=C(n2ccccc2=O)c2cc(C#N)ccc2OC1(C)C. The van der Waals surface area contributed by atoms with Gasteiger partial charge in [0.15, 0.2) is 0 Å². The van der Waals surface area contributed by atoms with Crippen LogP contribution in [0.3, 0.4) is 0 Å². The zero-order valence-electron chi connectivity index (χ0n) is 16.1. The van der Waals surface area contributed by atoms with Crippen molar-refractivity contribution in [1.29, 1.82) is 5.26 Å². The fourth-order valence-corrected chi connectivity index (χ4v) is 3.23. The van der Waals surface area contributed by atoms with Crippen LogP contribution in [0.15, 0.2) is 53.0 Å². The van der Waals surface area contributed by atoms with Gasteiger partial charge in [-0.05, 0) is 45.0 Å². The third-order valence-corrected chi connectivity index (χ3v) is 4.57. The highest BCUT2D eigenvalue weighted by Crippen LogP contribution is 2.41. The minimum absolute atomic E-state index is 0.186. The molecule has 2 aromatic rings. The summed E-state index contributed by atoms with van der Waals surface area (Å²) in [5, 5.41) is 14.8. The van der Waals surface area contributed by atoms with Gasteiger partial charge in [-0.1, -0.05) is 6.07 Å². The second-order valence-corrected chi connectivity index (χ2v) is 6.88. The van der Waals surface area contributed by atoms with Crippen molar-refractivity contribution in [3.63, 3.8) is 0 Å². The van der Waals surface area contributed by atoms with E-state index in [1.807, 2.05) is 20.8 Å². The van der Waals surface area contributed by atoms with Crippen LogP contribution in [0.25, 0.3) is 5.70 Å². The van der Waals surface area contributed by atoms with Crippen LogP contribution in [0, 0.1) is 11.3 Å². The Bertz CT molecular complexity index is 1040. The van der Waals surface area contributed by atoms with Gasteiger partial charge < -0.3 is 15.4 Å². The van der Waals surface area contributed by atoms with Crippen molar-refractivity contribution in [3.05, 3.63) is 69.6 Å². The van der Waals surface area contributed by atoms with Crippen LogP contribution in [0.2, 0.25) is 0 Å². The number of hydrogen-bond donors (Lipinski definition) is 2. The van der Waals surface area contributed by atoms with Crippen molar-refractivity contribution in [1.82, 2.24) is 15.2 Å². The van der Waals surface area contributed by atoms with Gasteiger partial charge in [0, 0.05) is 36.5 Å². The van der Waals surface area contributed by atoms with Crippen LogP contribution in [0.1, 0.15) is 31.9 Å². The number of nitriles is 1. The molecule has 0 spiro atoms. The zero-order chi connectivity index (χ0) is 20.3. The van der Waals surface area contributed by atoms with Gasteiger partial charge in [0.2, 0.25) is 0 Å². The lowest BCUT2D eigenvalue weighted by molar-refractivity contribution is 0.141. The van der Waals surface area contributed by atoms with Crippen LogP contribution < -0.4 is 20.9 Å². The molecule has 0 atom stereocenters. The number of aromatic nitrogens is 1. The second-order valence-electron chi connectivity index (χ2n) is 6.88. The number of amides is 2. The van der Waals surface area contributed by atoms with E-state index in [9.17, 15) is 14.9 Å². The third kappa shape index (κ3) is 3.62. The van der Waals surface area contributed by atoms with Crippen molar-refractivity contribution in [2.45, 2.75) is 26.4 Å². The lowest BCUT2D eigenvalue weighted by atomic mass is 9.88. The molecule has 3 rings (SSSR count). The highest BCUT2D eigenvalue weighted by molar-refractivity contribution is 5.79. The van der Waals surface area contributed by atoms with Crippen LogP contribution in [0.5, 0.6) is 5.75 Å². The van der Waals surface area contributed by atoms with Gasteiger partial charge in [0.1, 0.15) is 11.4 Å². The molecule has 144 valence electrons. The van der Waals surface area contributed by atoms with Crippen LogP contribution in [0.4, 0.5) is 4.79 Å². The maximum absolute atomic E-state index is 12.6. The summed E-state index contributed by atoms with van der Waals surface area (Å²) in [5.74, 6) is 0.580. The smallest absolute Gasteiger partial charge is 0.315 e. The summed E-state index contributed by atoms with van der Waals surface area (Å²) in [6.45, 7) is 6.30. The number of rotatable bonds is 4. The van der Waals surface area contributed by atoms with E-state index in [1.54, 1.807) is 36.5 Å². The molecule has 1 aromatic carbocycles. The molecule has 0 radical (unpaired) electrons. The summed E-state index contributed by atoms with van der Waals surface area (Å²) in [6, 6.07) is 11.8. The highest BCUT2D eigenvalue weighted by atomic mass is 16.5. The molecule has 7 heteroatoms. The van der Waals surface area contributed by atoms with Crippen LogP contribution in [-0.2, 0) is 0 Å². The fraction of sp³-hybridized carbons (Fsp3) is 0.286. The summed E-state index contributed by atoms with van der Waals surface area (Å²) in [6.07, 6.45) is 1.67. The maximum atomic E-state index is 12.6. The highest BCUT2D eigenvalue weighted by Gasteiger charge is 2.36. The van der Waals surface area contributed by atoms with E-state index in [2.05, 4.69) is 16.7 Å². The Hall–Kier alpha value is -3.53. The van der Waals surface area contributed by atoms with Crippen LogP contribution in [-0.4, -0.2) is 29.3 Å². The van der Waals surface area contributed by atoms with Crippen molar-refractivity contribution in [3.8, 4) is 11.8 Å². The molecule has 1 aliphatic heterocycles. The lowest BCUT2D eigenvalue weighted by Crippen LogP contribution is -2.44. The summed E-state index contributed by atoms with van der Waals surface area (Å²) in [5.41, 5.74) is 1.46. The number of benzene rings is 1. The number of pyridine rings is 1. The Morgan fingerprint density at radius 2 is 2.04 bits per heavy atom. The first-order valence-electron chi connectivity index (χ1n) is 9.04. The number of fused-ring (bicyclic) bond motifs is 1. The zero-order valence-corrected chi connectivity index (χ0v) is 16.1. The number of ether oxygens (including phenoxy) is 1.